The molecule has 0 atom stereocenters. The smallest absolute Gasteiger partial charge is 0.338 e. The predicted octanol–water partition coefficient (Wildman–Crippen LogP) is 3.99. The number of amides is 1. The Morgan fingerprint density at radius 1 is 1.04 bits per heavy atom. The lowest BCUT2D eigenvalue weighted by Gasteiger charge is -2.08. The minimum absolute atomic E-state index is 0.139. The van der Waals surface area contributed by atoms with Crippen molar-refractivity contribution in [2.24, 2.45) is 0 Å². The van der Waals surface area contributed by atoms with E-state index in [-0.39, 0.29) is 11.7 Å². The Hall–Kier alpha value is -2.47. The maximum atomic E-state index is 12.1. The number of benzene rings is 2. The molecule has 0 unspecified atom stereocenters. The summed E-state index contributed by atoms with van der Waals surface area (Å²) >= 11 is 1.43. The van der Waals surface area contributed by atoms with Gasteiger partial charge in [-0.2, -0.15) is 0 Å². The summed E-state index contributed by atoms with van der Waals surface area (Å²) in [7, 11) is 0. The van der Waals surface area contributed by atoms with Crippen LogP contribution in [0, 0.1) is 0 Å². The van der Waals surface area contributed by atoms with E-state index in [1.165, 1.54) is 11.8 Å². The predicted molar refractivity (Wildman–Crippen MR) is 99.4 cm³/mol. The minimum atomic E-state index is -0.401. The Labute approximate surface area is 151 Å². The van der Waals surface area contributed by atoms with Gasteiger partial charge in [0, 0.05) is 10.6 Å². The van der Waals surface area contributed by atoms with Gasteiger partial charge in [0.25, 0.3) is 0 Å². The Kier molecular flexibility index (Phi) is 7.35. The molecule has 132 valence electrons. The van der Waals surface area contributed by atoms with Gasteiger partial charge in [-0.05, 0) is 56.3 Å². The fourth-order valence-electron chi connectivity index (χ4n) is 2.08. The van der Waals surface area contributed by atoms with Crippen molar-refractivity contribution in [1.29, 1.82) is 0 Å². The largest absolute Gasteiger partial charge is 0.494 e. The molecule has 0 bridgehead atoms. The van der Waals surface area contributed by atoms with Crippen LogP contribution in [0.3, 0.4) is 0 Å². The van der Waals surface area contributed by atoms with Crippen LogP contribution < -0.4 is 10.1 Å². The lowest BCUT2D eigenvalue weighted by atomic mass is 10.2. The standard InChI is InChI=1S/C19H21NO4S/c1-3-23-16-8-10-17(11-9-16)25-13-18(21)20-15-7-5-6-14(12-15)19(22)24-4-2/h5-12H,3-4,13H2,1-2H3,(H,20,21). The van der Waals surface area contributed by atoms with E-state index < -0.39 is 5.97 Å². The second kappa shape index (κ2) is 9.74. The molecule has 1 N–H and O–H groups in total. The van der Waals surface area contributed by atoms with Crippen molar-refractivity contribution < 1.29 is 19.1 Å². The lowest BCUT2D eigenvalue weighted by molar-refractivity contribution is -0.113. The number of hydrogen-bond acceptors (Lipinski definition) is 5. The van der Waals surface area contributed by atoms with Crippen LogP contribution in [0.2, 0.25) is 0 Å². The molecule has 2 aromatic carbocycles. The first kappa shape index (κ1) is 18.9. The number of carbonyl (C=O) groups is 2. The van der Waals surface area contributed by atoms with Crippen LogP contribution in [-0.4, -0.2) is 30.8 Å². The number of anilines is 1. The van der Waals surface area contributed by atoms with Crippen molar-refractivity contribution >= 4 is 29.3 Å². The van der Waals surface area contributed by atoms with E-state index in [0.29, 0.717) is 24.5 Å². The summed E-state index contributed by atoms with van der Waals surface area (Å²) in [5, 5.41) is 2.79. The van der Waals surface area contributed by atoms with Crippen LogP contribution in [0.25, 0.3) is 0 Å². The van der Waals surface area contributed by atoms with Crippen molar-refractivity contribution in [2.75, 3.05) is 24.3 Å². The van der Waals surface area contributed by atoms with E-state index in [1.807, 2.05) is 31.2 Å². The monoisotopic (exact) mass is 359 g/mol. The normalized spacial score (nSPS) is 10.2. The summed E-state index contributed by atoms with van der Waals surface area (Å²) in [5.41, 5.74) is 0.988. The summed E-state index contributed by atoms with van der Waals surface area (Å²) in [6.07, 6.45) is 0. The topological polar surface area (TPSA) is 64.6 Å². The third-order valence-electron chi connectivity index (χ3n) is 3.16. The van der Waals surface area contributed by atoms with Gasteiger partial charge in [-0.3, -0.25) is 4.79 Å². The van der Waals surface area contributed by atoms with E-state index in [9.17, 15) is 9.59 Å². The molecule has 0 aliphatic heterocycles. The summed E-state index contributed by atoms with van der Waals surface area (Å²) in [4.78, 5) is 24.8. The molecule has 0 radical (unpaired) electrons. The molecular weight excluding hydrogens is 338 g/mol. The van der Waals surface area contributed by atoms with Crippen molar-refractivity contribution in [2.45, 2.75) is 18.7 Å². The Balaban J connectivity index is 1.87. The molecule has 0 fully saturated rings. The van der Waals surface area contributed by atoms with Gasteiger partial charge in [0.2, 0.25) is 5.91 Å². The van der Waals surface area contributed by atoms with Gasteiger partial charge in [-0.25, -0.2) is 4.79 Å². The highest BCUT2D eigenvalue weighted by Crippen LogP contribution is 2.22. The molecule has 5 nitrogen and oxygen atoms in total. The molecule has 6 heteroatoms. The second-order valence-corrected chi connectivity index (χ2v) is 6.09. The van der Waals surface area contributed by atoms with E-state index in [4.69, 9.17) is 9.47 Å². The Morgan fingerprint density at radius 3 is 2.48 bits per heavy atom. The van der Waals surface area contributed by atoms with Gasteiger partial charge in [-0.15, -0.1) is 11.8 Å². The molecule has 0 aromatic heterocycles. The molecule has 25 heavy (non-hydrogen) atoms. The summed E-state index contributed by atoms with van der Waals surface area (Å²) < 4.78 is 10.3. The quantitative estimate of drug-likeness (QED) is 0.570. The first-order valence-corrected chi connectivity index (χ1v) is 9.03. The zero-order valence-electron chi connectivity index (χ0n) is 14.3. The molecule has 0 saturated carbocycles. The first-order chi connectivity index (χ1) is 12.1. The molecule has 0 aliphatic carbocycles. The zero-order chi connectivity index (χ0) is 18.1. The number of esters is 1. The highest BCUT2D eigenvalue weighted by Gasteiger charge is 2.09. The van der Waals surface area contributed by atoms with Crippen LogP contribution in [0.4, 0.5) is 5.69 Å². The average Bonchev–Trinajstić information content (AvgIpc) is 2.62. The fraction of sp³-hybridized carbons (Fsp3) is 0.263. The molecule has 0 heterocycles. The van der Waals surface area contributed by atoms with E-state index in [0.717, 1.165) is 10.6 Å². The van der Waals surface area contributed by atoms with Gasteiger partial charge >= 0.3 is 5.97 Å². The maximum Gasteiger partial charge on any atom is 0.338 e. The number of thioether (sulfide) groups is 1. The minimum Gasteiger partial charge on any atom is -0.494 e. The summed E-state index contributed by atoms with van der Waals surface area (Å²) in [5.74, 6) is 0.548. The number of ether oxygens (including phenoxy) is 2. The van der Waals surface area contributed by atoms with Crippen LogP contribution in [0.1, 0.15) is 24.2 Å². The van der Waals surface area contributed by atoms with E-state index in [2.05, 4.69) is 5.32 Å². The third-order valence-corrected chi connectivity index (χ3v) is 4.17. The highest BCUT2D eigenvalue weighted by molar-refractivity contribution is 8.00. The van der Waals surface area contributed by atoms with Crippen molar-refractivity contribution in [1.82, 2.24) is 0 Å². The fourth-order valence-corrected chi connectivity index (χ4v) is 2.78. The van der Waals surface area contributed by atoms with Crippen LogP contribution in [-0.2, 0) is 9.53 Å². The van der Waals surface area contributed by atoms with Gasteiger partial charge in [0.15, 0.2) is 0 Å². The lowest BCUT2D eigenvalue weighted by Crippen LogP contribution is -2.14. The highest BCUT2D eigenvalue weighted by atomic mass is 32.2. The molecule has 2 aromatic rings. The van der Waals surface area contributed by atoms with Gasteiger partial charge in [0.1, 0.15) is 5.75 Å². The molecule has 1 amide bonds. The maximum absolute atomic E-state index is 12.1. The summed E-state index contributed by atoms with van der Waals surface area (Å²) in [6, 6.07) is 14.3. The van der Waals surface area contributed by atoms with Gasteiger partial charge in [-0.1, -0.05) is 6.07 Å². The van der Waals surface area contributed by atoms with Gasteiger partial charge in [0.05, 0.1) is 24.5 Å². The number of carbonyl (C=O) groups excluding carboxylic acids is 2. The second-order valence-electron chi connectivity index (χ2n) is 5.04. The molecule has 0 spiro atoms. The average molecular weight is 359 g/mol. The Morgan fingerprint density at radius 2 is 1.80 bits per heavy atom. The van der Waals surface area contributed by atoms with Crippen LogP contribution in [0.5, 0.6) is 5.75 Å². The Bertz CT molecular complexity index is 716. The number of hydrogen-bond donors (Lipinski definition) is 1. The van der Waals surface area contributed by atoms with Crippen molar-refractivity contribution in [3.63, 3.8) is 0 Å². The number of nitrogens with one attached hydrogen (secondary N) is 1. The molecule has 0 saturated heterocycles. The van der Waals surface area contributed by atoms with Crippen molar-refractivity contribution in [3.8, 4) is 5.75 Å². The van der Waals surface area contributed by atoms with Crippen LogP contribution in [0.15, 0.2) is 53.4 Å². The van der Waals surface area contributed by atoms with E-state index in [1.54, 1.807) is 31.2 Å². The van der Waals surface area contributed by atoms with Crippen molar-refractivity contribution in [3.05, 3.63) is 54.1 Å². The zero-order valence-corrected chi connectivity index (χ0v) is 15.1. The SMILES string of the molecule is CCOC(=O)c1cccc(NC(=O)CSc2ccc(OCC)cc2)c1. The molecule has 0 aliphatic rings. The van der Waals surface area contributed by atoms with Crippen LogP contribution >= 0.6 is 11.8 Å². The first-order valence-electron chi connectivity index (χ1n) is 8.05. The molecular formula is C19H21NO4S. The van der Waals surface area contributed by atoms with Gasteiger partial charge < -0.3 is 14.8 Å². The molecule has 2 rings (SSSR count). The number of rotatable bonds is 8. The summed E-state index contributed by atoms with van der Waals surface area (Å²) in [6.45, 7) is 4.62. The third kappa shape index (κ3) is 6.15. The van der Waals surface area contributed by atoms with E-state index >= 15 is 0 Å².